The fourth-order valence-corrected chi connectivity index (χ4v) is 10.2. The maximum Gasteiger partial charge on any atom is 0.305 e. The molecule has 0 bridgehead atoms. The number of carbonyl (C=O) groups excluding carboxylic acids is 2. The number of carbonyl (C=O) groups is 2. The van der Waals surface area contributed by atoms with E-state index in [9.17, 15) is 19.8 Å². The summed E-state index contributed by atoms with van der Waals surface area (Å²) in [5, 5.41) is 23.0. The first kappa shape index (κ1) is 72.8. The highest BCUT2D eigenvalue weighted by Crippen LogP contribution is 2.17. The molecule has 0 aliphatic heterocycles. The van der Waals surface area contributed by atoms with E-state index >= 15 is 0 Å². The van der Waals surface area contributed by atoms with Crippen molar-refractivity contribution >= 4 is 11.9 Å². The molecule has 0 aromatic heterocycles. The molecular weight excluding hydrogens is 923 g/mol. The van der Waals surface area contributed by atoms with Crippen LogP contribution >= 0.6 is 0 Å². The molecule has 440 valence electrons. The minimum absolute atomic E-state index is 0.00580. The van der Waals surface area contributed by atoms with Crippen LogP contribution < -0.4 is 5.32 Å². The summed E-state index contributed by atoms with van der Waals surface area (Å²) >= 11 is 0. The molecule has 0 aromatic rings. The number of rotatable bonds is 62. The maximum absolute atomic E-state index is 12.4. The van der Waals surface area contributed by atoms with E-state index in [1.165, 1.54) is 276 Å². The highest BCUT2D eigenvalue weighted by molar-refractivity contribution is 5.76. The van der Waals surface area contributed by atoms with Crippen molar-refractivity contribution in [1.82, 2.24) is 5.32 Å². The lowest BCUT2D eigenvalue weighted by molar-refractivity contribution is -0.143. The van der Waals surface area contributed by atoms with Crippen molar-refractivity contribution in [2.75, 3.05) is 13.2 Å². The second-order valence-corrected chi connectivity index (χ2v) is 22.8. The van der Waals surface area contributed by atoms with Crippen LogP contribution in [-0.4, -0.2) is 47.4 Å². The quantitative estimate of drug-likeness (QED) is 0.0320. The molecule has 0 saturated carbocycles. The van der Waals surface area contributed by atoms with E-state index in [0.29, 0.717) is 19.4 Å². The zero-order valence-electron chi connectivity index (χ0n) is 50.3. The second kappa shape index (κ2) is 64.3. The first-order chi connectivity index (χ1) is 37.0. The molecule has 0 aliphatic carbocycles. The smallest absolute Gasteiger partial charge is 0.305 e. The molecule has 0 saturated heterocycles. The van der Waals surface area contributed by atoms with Crippen LogP contribution in [0.5, 0.6) is 0 Å². The van der Waals surface area contributed by atoms with Gasteiger partial charge in [0.15, 0.2) is 0 Å². The molecule has 2 unspecified atom stereocenters. The first-order valence-electron chi connectivity index (χ1n) is 33.4. The normalized spacial score (nSPS) is 12.9. The molecule has 75 heavy (non-hydrogen) atoms. The van der Waals surface area contributed by atoms with Crippen molar-refractivity contribution in [2.24, 2.45) is 0 Å². The van der Waals surface area contributed by atoms with Crippen LogP contribution in [0.4, 0.5) is 0 Å². The van der Waals surface area contributed by atoms with Crippen molar-refractivity contribution in [3.05, 3.63) is 48.6 Å². The molecule has 1 amide bonds. The fourth-order valence-electron chi connectivity index (χ4n) is 10.2. The van der Waals surface area contributed by atoms with Gasteiger partial charge in [-0.05, 0) is 89.9 Å². The van der Waals surface area contributed by atoms with Crippen LogP contribution in [0.3, 0.4) is 0 Å². The van der Waals surface area contributed by atoms with Crippen molar-refractivity contribution < 1.29 is 24.5 Å². The largest absolute Gasteiger partial charge is 0.466 e. The Balaban J connectivity index is 3.37. The summed E-state index contributed by atoms with van der Waals surface area (Å²) in [6.07, 6.45) is 83.3. The molecule has 2 atom stereocenters. The summed E-state index contributed by atoms with van der Waals surface area (Å²) in [6, 6.07) is -0.625. The number of hydrogen-bond acceptors (Lipinski definition) is 5. The predicted molar refractivity (Wildman–Crippen MR) is 329 cm³/mol. The number of amides is 1. The fraction of sp³-hybridized carbons (Fsp3) is 0.855. The summed E-state index contributed by atoms with van der Waals surface area (Å²) in [7, 11) is 0. The zero-order chi connectivity index (χ0) is 54.3. The van der Waals surface area contributed by atoms with Gasteiger partial charge in [-0.25, -0.2) is 0 Å². The van der Waals surface area contributed by atoms with Gasteiger partial charge in [-0.15, -0.1) is 0 Å². The first-order valence-corrected chi connectivity index (χ1v) is 33.4. The minimum Gasteiger partial charge on any atom is -0.466 e. The number of aliphatic hydroxyl groups excluding tert-OH is 2. The Hall–Kier alpha value is -2.18. The van der Waals surface area contributed by atoms with Gasteiger partial charge < -0.3 is 20.3 Å². The van der Waals surface area contributed by atoms with Gasteiger partial charge in [0.1, 0.15) is 0 Å². The summed E-state index contributed by atoms with van der Waals surface area (Å²) < 4.78 is 5.48. The van der Waals surface area contributed by atoms with Crippen LogP contribution in [0, 0.1) is 0 Å². The Morgan fingerprint density at radius 2 is 0.667 bits per heavy atom. The van der Waals surface area contributed by atoms with Crippen LogP contribution in [0.1, 0.15) is 354 Å². The molecule has 6 nitrogen and oxygen atoms in total. The van der Waals surface area contributed by atoms with E-state index in [1.807, 2.05) is 6.08 Å². The molecule has 0 rings (SSSR count). The van der Waals surface area contributed by atoms with E-state index in [2.05, 4.69) is 55.6 Å². The third-order valence-electron chi connectivity index (χ3n) is 15.3. The summed E-state index contributed by atoms with van der Waals surface area (Å²) in [6.45, 7) is 4.89. The average Bonchev–Trinajstić information content (AvgIpc) is 3.41. The highest BCUT2D eigenvalue weighted by atomic mass is 16.5. The van der Waals surface area contributed by atoms with E-state index in [-0.39, 0.29) is 18.5 Å². The lowest BCUT2D eigenvalue weighted by Gasteiger charge is -2.20. The topological polar surface area (TPSA) is 95.9 Å². The minimum atomic E-state index is -0.841. The number of allylic oxidation sites excluding steroid dienone is 7. The molecule has 0 aliphatic rings. The Labute approximate surface area is 467 Å². The maximum atomic E-state index is 12.4. The average molecular weight is 1050 g/mol. The van der Waals surface area contributed by atoms with Crippen molar-refractivity contribution in [3.8, 4) is 0 Å². The highest BCUT2D eigenvalue weighted by Gasteiger charge is 2.18. The van der Waals surface area contributed by atoms with E-state index in [0.717, 1.165) is 51.4 Å². The number of unbranched alkanes of at least 4 members (excludes halogenated alkanes) is 45. The zero-order valence-corrected chi connectivity index (χ0v) is 50.3. The second-order valence-electron chi connectivity index (χ2n) is 22.8. The van der Waals surface area contributed by atoms with Crippen LogP contribution in [0.15, 0.2) is 48.6 Å². The van der Waals surface area contributed by atoms with E-state index in [4.69, 9.17) is 4.74 Å². The summed E-state index contributed by atoms with van der Waals surface area (Å²) in [4.78, 5) is 24.5. The standard InChI is InChI=1S/C69H129NO5/c1-3-5-7-9-11-13-15-16-36-40-43-47-51-55-59-63-69(74)75-64-60-56-52-48-44-41-38-35-33-31-29-27-25-23-21-19-17-18-20-22-24-26-28-30-32-34-37-39-42-46-50-54-58-62-68(73)70-66(65-71)67(72)61-57-53-49-45-14-12-10-8-6-4-2/h16,21,23,27,29,36,57,61,66-67,71-72H,3-15,17-20,22,24-26,28,30-35,37-56,58-60,62-65H2,1-2H3,(H,70,73)/b23-21-,29-27-,36-16-,61-57+. The van der Waals surface area contributed by atoms with Gasteiger partial charge in [-0.2, -0.15) is 0 Å². The Morgan fingerprint density at radius 1 is 0.373 bits per heavy atom. The van der Waals surface area contributed by atoms with Crippen LogP contribution in [-0.2, 0) is 14.3 Å². The third-order valence-corrected chi connectivity index (χ3v) is 15.3. The number of esters is 1. The van der Waals surface area contributed by atoms with Gasteiger partial charge in [0.25, 0.3) is 0 Å². The molecular formula is C69H129NO5. The Kier molecular flexibility index (Phi) is 62.5. The van der Waals surface area contributed by atoms with Gasteiger partial charge >= 0.3 is 5.97 Å². The van der Waals surface area contributed by atoms with Crippen molar-refractivity contribution in [2.45, 2.75) is 366 Å². The van der Waals surface area contributed by atoms with Gasteiger partial charge in [-0.1, -0.05) is 300 Å². The van der Waals surface area contributed by atoms with Crippen molar-refractivity contribution in [3.63, 3.8) is 0 Å². The van der Waals surface area contributed by atoms with Crippen LogP contribution in [0.2, 0.25) is 0 Å². The molecule has 0 heterocycles. The lowest BCUT2D eigenvalue weighted by atomic mass is 10.0. The monoisotopic (exact) mass is 1050 g/mol. The van der Waals surface area contributed by atoms with Crippen molar-refractivity contribution in [1.29, 1.82) is 0 Å². The summed E-state index contributed by atoms with van der Waals surface area (Å²) in [5.74, 6) is -0.0617. The SMILES string of the molecule is CCCCCCCC/C=C\CCCCCCCC(=O)OCCCCCCCCCCC/C=C\C/C=C\CCCCCCCCCCCCCCCCCCCC(=O)NC(CO)C(O)/C=C/CCCCCCCCCC. The number of ether oxygens (including phenoxy) is 1. The van der Waals surface area contributed by atoms with E-state index in [1.54, 1.807) is 6.08 Å². The van der Waals surface area contributed by atoms with Gasteiger partial charge in [0, 0.05) is 12.8 Å². The molecule has 0 fully saturated rings. The van der Waals surface area contributed by atoms with Gasteiger partial charge in [0.05, 0.1) is 25.4 Å². The van der Waals surface area contributed by atoms with E-state index < -0.39 is 12.1 Å². The number of hydrogen-bond donors (Lipinski definition) is 3. The molecule has 0 aromatic carbocycles. The van der Waals surface area contributed by atoms with Gasteiger partial charge in [0.2, 0.25) is 5.91 Å². The van der Waals surface area contributed by atoms with Gasteiger partial charge in [-0.3, -0.25) is 9.59 Å². The Morgan fingerprint density at radius 3 is 1.03 bits per heavy atom. The third kappa shape index (κ3) is 60.9. The Bertz CT molecular complexity index is 1260. The molecule has 0 radical (unpaired) electrons. The number of nitrogens with one attached hydrogen (secondary N) is 1. The summed E-state index contributed by atoms with van der Waals surface area (Å²) in [5.41, 5.74) is 0. The molecule has 3 N–H and O–H groups in total. The lowest BCUT2D eigenvalue weighted by Crippen LogP contribution is -2.45. The predicted octanol–water partition coefficient (Wildman–Crippen LogP) is 21.3. The molecule has 0 spiro atoms. The molecule has 6 heteroatoms. The van der Waals surface area contributed by atoms with Crippen LogP contribution in [0.25, 0.3) is 0 Å². The number of aliphatic hydroxyl groups is 2.